The molecule has 1 aliphatic heterocycles. The normalized spacial score (nSPS) is 16.3. The minimum Gasteiger partial charge on any atom is -0.389 e. The number of likely N-dealkylation sites (tertiary alicyclic amines) is 1. The molecule has 0 spiro atoms. The summed E-state index contributed by atoms with van der Waals surface area (Å²) < 4.78 is 0. The van der Waals surface area contributed by atoms with E-state index in [1.807, 2.05) is 0 Å². The van der Waals surface area contributed by atoms with Gasteiger partial charge in [0.1, 0.15) is 0 Å². The average molecular weight is 246 g/mol. The van der Waals surface area contributed by atoms with Gasteiger partial charge >= 0.3 is 0 Å². The van der Waals surface area contributed by atoms with Gasteiger partial charge in [-0.25, -0.2) is 0 Å². The number of amides is 1. The molecule has 80 valence electrons. The fourth-order valence-corrected chi connectivity index (χ4v) is 1.73. The molecule has 1 amide bonds. The molecule has 5 heteroatoms. The van der Waals surface area contributed by atoms with Crippen molar-refractivity contribution < 1.29 is 9.90 Å². The summed E-state index contributed by atoms with van der Waals surface area (Å²) in [6, 6.07) is 4.76. The second-order valence-electron chi connectivity index (χ2n) is 3.49. The van der Waals surface area contributed by atoms with Crippen molar-refractivity contribution in [2.24, 2.45) is 0 Å². The van der Waals surface area contributed by atoms with Gasteiger partial charge in [-0.2, -0.15) is 0 Å². The van der Waals surface area contributed by atoms with Crippen molar-refractivity contribution in [1.29, 1.82) is 0 Å². The summed E-state index contributed by atoms with van der Waals surface area (Å²) >= 11 is 11.5. The summed E-state index contributed by atoms with van der Waals surface area (Å²) in [4.78, 5) is 13.3. The molecule has 0 saturated carbocycles. The minimum atomic E-state index is -0.392. The predicted octanol–water partition coefficient (Wildman–Crippen LogP) is 1.81. The zero-order valence-corrected chi connectivity index (χ0v) is 9.29. The molecule has 1 saturated heterocycles. The molecule has 0 aromatic heterocycles. The molecule has 0 radical (unpaired) electrons. The Bertz CT molecular complexity index is 402. The van der Waals surface area contributed by atoms with Crippen molar-refractivity contribution in [3.63, 3.8) is 0 Å². The quantitative estimate of drug-likeness (QED) is 0.820. The minimum absolute atomic E-state index is 0.126. The standard InChI is InChI=1S/C10H9Cl2NO2/c11-8-2-1-6(3-9(8)12)10(15)13-4-7(14)5-13/h1-3,7,14H,4-5H2. The van der Waals surface area contributed by atoms with Gasteiger partial charge in [-0.15, -0.1) is 0 Å². The molecule has 1 aromatic carbocycles. The number of aliphatic hydroxyl groups excluding tert-OH is 1. The number of rotatable bonds is 1. The number of hydrogen-bond acceptors (Lipinski definition) is 2. The van der Waals surface area contributed by atoms with Crippen LogP contribution in [-0.2, 0) is 0 Å². The Morgan fingerprint density at radius 1 is 1.33 bits per heavy atom. The van der Waals surface area contributed by atoms with Crippen LogP contribution >= 0.6 is 23.2 Å². The lowest BCUT2D eigenvalue weighted by molar-refractivity contribution is 0.00589. The highest BCUT2D eigenvalue weighted by molar-refractivity contribution is 6.42. The SMILES string of the molecule is O=C(c1ccc(Cl)c(Cl)c1)N1CC(O)C1. The van der Waals surface area contributed by atoms with Crippen molar-refractivity contribution in [2.75, 3.05) is 13.1 Å². The fraction of sp³-hybridized carbons (Fsp3) is 0.300. The first-order valence-electron chi connectivity index (χ1n) is 4.50. The van der Waals surface area contributed by atoms with Gasteiger partial charge in [-0.05, 0) is 18.2 Å². The zero-order valence-electron chi connectivity index (χ0n) is 7.78. The van der Waals surface area contributed by atoms with E-state index in [1.54, 1.807) is 17.0 Å². The van der Waals surface area contributed by atoms with E-state index in [4.69, 9.17) is 28.3 Å². The summed E-state index contributed by atoms with van der Waals surface area (Å²) in [5.41, 5.74) is 0.497. The molecule has 3 nitrogen and oxygen atoms in total. The third kappa shape index (κ3) is 2.09. The van der Waals surface area contributed by atoms with Crippen LogP contribution in [0.25, 0.3) is 0 Å². The largest absolute Gasteiger partial charge is 0.389 e. The summed E-state index contributed by atoms with van der Waals surface area (Å²) in [5.74, 6) is -0.126. The molecule has 0 atom stereocenters. The van der Waals surface area contributed by atoms with E-state index in [-0.39, 0.29) is 5.91 Å². The lowest BCUT2D eigenvalue weighted by Gasteiger charge is -2.35. The third-order valence-electron chi connectivity index (χ3n) is 2.32. The lowest BCUT2D eigenvalue weighted by atomic mass is 10.1. The second kappa shape index (κ2) is 4.00. The van der Waals surface area contributed by atoms with Crippen LogP contribution in [0.2, 0.25) is 10.0 Å². The number of aliphatic hydroxyl groups is 1. The monoisotopic (exact) mass is 245 g/mol. The maximum Gasteiger partial charge on any atom is 0.254 e. The Labute approximate surface area is 97.2 Å². The summed E-state index contributed by atoms with van der Waals surface area (Å²) in [6.45, 7) is 0.776. The summed E-state index contributed by atoms with van der Waals surface area (Å²) in [7, 11) is 0. The van der Waals surface area contributed by atoms with Crippen LogP contribution in [0.5, 0.6) is 0 Å². The number of nitrogens with zero attached hydrogens (tertiary/aromatic N) is 1. The third-order valence-corrected chi connectivity index (χ3v) is 3.06. The highest BCUT2D eigenvalue weighted by Gasteiger charge is 2.29. The van der Waals surface area contributed by atoms with E-state index >= 15 is 0 Å². The van der Waals surface area contributed by atoms with E-state index < -0.39 is 6.10 Å². The molecule has 0 aliphatic carbocycles. The van der Waals surface area contributed by atoms with Crippen LogP contribution < -0.4 is 0 Å². The molecule has 0 unspecified atom stereocenters. The van der Waals surface area contributed by atoms with Gasteiger partial charge in [0.2, 0.25) is 0 Å². The topological polar surface area (TPSA) is 40.5 Å². The molecular formula is C10H9Cl2NO2. The Kier molecular flexibility index (Phi) is 2.87. The maximum absolute atomic E-state index is 11.7. The van der Waals surface area contributed by atoms with Crippen LogP contribution in [0.4, 0.5) is 0 Å². The highest BCUT2D eigenvalue weighted by atomic mass is 35.5. The van der Waals surface area contributed by atoms with Gasteiger partial charge in [0.05, 0.1) is 16.1 Å². The van der Waals surface area contributed by atoms with E-state index in [0.717, 1.165) is 0 Å². The maximum atomic E-state index is 11.7. The number of halogens is 2. The van der Waals surface area contributed by atoms with Crippen molar-refractivity contribution in [1.82, 2.24) is 4.90 Å². The predicted molar refractivity (Wildman–Crippen MR) is 58.4 cm³/mol. The van der Waals surface area contributed by atoms with Gasteiger partial charge < -0.3 is 10.0 Å². The smallest absolute Gasteiger partial charge is 0.254 e. The van der Waals surface area contributed by atoms with Crippen molar-refractivity contribution >= 4 is 29.1 Å². The number of carbonyl (C=O) groups is 1. The number of benzene rings is 1. The molecule has 2 rings (SSSR count). The molecule has 1 N–H and O–H groups in total. The number of hydrogen-bond donors (Lipinski definition) is 1. The molecule has 15 heavy (non-hydrogen) atoms. The average Bonchev–Trinajstić information content (AvgIpc) is 2.16. The van der Waals surface area contributed by atoms with E-state index in [0.29, 0.717) is 28.7 Å². The van der Waals surface area contributed by atoms with Gasteiger partial charge in [0.25, 0.3) is 5.91 Å². The van der Waals surface area contributed by atoms with Crippen LogP contribution in [0.15, 0.2) is 18.2 Å². The number of β-amino-alcohol motifs (C(OH)–C–C–N with tert-alkyl or cyclic N) is 1. The first-order valence-corrected chi connectivity index (χ1v) is 5.26. The Balaban J connectivity index is 2.16. The molecule has 1 aromatic rings. The van der Waals surface area contributed by atoms with Gasteiger partial charge in [-0.1, -0.05) is 23.2 Å². The van der Waals surface area contributed by atoms with Crippen LogP contribution in [0, 0.1) is 0 Å². The van der Waals surface area contributed by atoms with Gasteiger partial charge in [0.15, 0.2) is 0 Å². The van der Waals surface area contributed by atoms with Gasteiger partial charge in [0, 0.05) is 18.7 Å². The Morgan fingerprint density at radius 3 is 2.53 bits per heavy atom. The highest BCUT2D eigenvalue weighted by Crippen LogP contribution is 2.24. The van der Waals surface area contributed by atoms with Gasteiger partial charge in [-0.3, -0.25) is 4.79 Å². The Hall–Kier alpha value is -0.770. The molecular weight excluding hydrogens is 237 g/mol. The van der Waals surface area contributed by atoms with E-state index in [2.05, 4.69) is 0 Å². The zero-order chi connectivity index (χ0) is 11.0. The van der Waals surface area contributed by atoms with Crippen molar-refractivity contribution in [2.45, 2.75) is 6.10 Å². The number of carbonyl (C=O) groups excluding carboxylic acids is 1. The summed E-state index contributed by atoms with van der Waals surface area (Å²) in [6.07, 6.45) is -0.392. The van der Waals surface area contributed by atoms with Crippen LogP contribution in [-0.4, -0.2) is 35.1 Å². The first-order chi connectivity index (χ1) is 7.08. The fourth-order valence-electron chi connectivity index (χ4n) is 1.43. The van der Waals surface area contributed by atoms with Crippen molar-refractivity contribution in [3.05, 3.63) is 33.8 Å². The van der Waals surface area contributed by atoms with E-state index in [1.165, 1.54) is 6.07 Å². The lowest BCUT2D eigenvalue weighted by Crippen LogP contribution is -2.53. The second-order valence-corrected chi connectivity index (χ2v) is 4.31. The molecule has 0 bridgehead atoms. The molecule has 1 fully saturated rings. The molecule has 1 aliphatic rings. The molecule has 1 heterocycles. The Morgan fingerprint density at radius 2 is 2.00 bits per heavy atom. The van der Waals surface area contributed by atoms with Crippen molar-refractivity contribution in [3.8, 4) is 0 Å². The first kappa shape index (κ1) is 10.7. The van der Waals surface area contributed by atoms with Crippen LogP contribution in [0.3, 0.4) is 0 Å². The summed E-state index contributed by atoms with van der Waals surface area (Å²) in [5, 5.41) is 9.86. The van der Waals surface area contributed by atoms with Crippen LogP contribution in [0.1, 0.15) is 10.4 Å². The van der Waals surface area contributed by atoms with E-state index in [9.17, 15) is 4.79 Å².